The Hall–Kier alpha value is -8.52. The van der Waals surface area contributed by atoms with E-state index in [1.54, 1.807) is 0 Å². The van der Waals surface area contributed by atoms with Gasteiger partial charge in [0, 0.05) is 17.1 Å². The van der Waals surface area contributed by atoms with E-state index in [9.17, 15) is 0 Å². The molecule has 0 unspecified atom stereocenters. The molecule has 0 radical (unpaired) electrons. The third kappa shape index (κ3) is 5.20. The van der Waals surface area contributed by atoms with Gasteiger partial charge in [-0.25, -0.2) is 0 Å². The van der Waals surface area contributed by atoms with E-state index in [0.717, 1.165) is 17.1 Å². The summed E-state index contributed by atoms with van der Waals surface area (Å²) in [6, 6.07) is 97.5. The van der Waals surface area contributed by atoms with Crippen molar-refractivity contribution in [2.24, 2.45) is 0 Å². The summed E-state index contributed by atoms with van der Waals surface area (Å²) in [6.45, 7) is 0. The van der Waals surface area contributed by atoms with Gasteiger partial charge in [0.25, 0.3) is 0 Å². The summed E-state index contributed by atoms with van der Waals surface area (Å²) in [5.41, 5.74) is 23.0. The topological polar surface area (TPSA) is 3.24 Å². The number of anilines is 3. The molecule has 1 nitrogen and oxygen atoms in total. The summed E-state index contributed by atoms with van der Waals surface area (Å²) in [6.07, 6.45) is 0. The fourth-order valence-corrected chi connectivity index (χ4v) is 12.5. The second-order valence-electron chi connectivity index (χ2n) is 18.3. The molecular weight excluding hydrogens is 807 g/mol. The maximum absolute atomic E-state index is 2.51. The smallest absolute Gasteiger partial charge is 0.0726 e. The van der Waals surface area contributed by atoms with Gasteiger partial charge < -0.3 is 4.90 Å². The van der Waals surface area contributed by atoms with Gasteiger partial charge in [-0.15, -0.1) is 0 Å². The SMILES string of the molecule is c1ccc(C2(c3ccccc3)c3ccccc3-c3cc(N(c4ccc(-c5cccc6ccccc56)cc4)c4ccc5c(c4)C4(c6ccccc6-c6ccccc64)c4ccccc4-5)ccc32)cc1. The first-order valence-electron chi connectivity index (χ1n) is 23.4. The minimum absolute atomic E-state index is 0.457. The molecule has 1 heteroatoms. The maximum atomic E-state index is 2.51. The first kappa shape index (κ1) is 37.8. The van der Waals surface area contributed by atoms with Crippen molar-refractivity contribution >= 4 is 27.8 Å². The Balaban J connectivity index is 1.01. The Labute approximate surface area is 391 Å². The van der Waals surface area contributed by atoms with Crippen molar-refractivity contribution in [2.45, 2.75) is 10.8 Å². The molecule has 0 atom stereocenters. The van der Waals surface area contributed by atoms with Crippen molar-refractivity contribution < 1.29 is 0 Å². The Morgan fingerprint density at radius 1 is 0.239 bits per heavy atom. The predicted molar refractivity (Wildman–Crippen MR) is 278 cm³/mol. The molecule has 0 aromatic heterocycles. The van der Waals surface area contributed by atoms with Crippen LogP contribution in [-0.4, -0.2) is 0 Å². The number of nitrogens with zero attached hydrogens (tertiary/aromatic N) is 1. The highest BCUT2D eigenvalue weighted by molar-refractivity contribution is 5.99. The van der Waals surface area contributed by atoms with Gasteiger partial charge in [-0.2, -0.15) is 0 Å². The summed E-state index contributed by atoms with van der Waals surface area (Å²) in [5, 5.41) is 2.50. The molecule has 11 aromatic carbocycles. The first-order valence-corrected chi connectivity index (χ1v) is 23.4. The Morgan fingerprint density at radius 2 is 0.657 bits per heavy atom. The molecular formula is C66H43N. The highest BCUT2D eigenvalue weighted by Crippen LogP contribution is 2.64. The normalized spacial score (nSPS) is 13.9. The van der Waals surface area contributed by atoms with E-state index in [1.165, 1.54) is 99.8 Å². The van der Waals surface area contributed by atoms with Gasteiger partial charge in [0.2, 0.25) is 0 Å². The van der Waals surface area contributed by atoms with Crippen molar-refractivity contribution in [2.75, 3.05) is 4.90 Å². The van der Waals surface area contributed by atoms with Gasteiger partial charge in [0.05, 0.1) is 10.8 Å². The van der Waals surface area contributed by atoms with Crippen LogP contribution in [0.4, 0.5) is 17.1 Å². The molecule has 0 saturated carbocycles. The van der Waals surface area contributed by atoms with Crippen LogP contribution in [0.5, 0.6) is 0 Å². The summed E-state index contributed by atoms with van der Waals surface area (Å²) in [7, 11) is 0. The fourth-order valence-electron chi connectivity index (χ4n) is 12.5. The minimum atomic E-state index is -0.479. The standard InChI is InChI=1S/C66H43N/c1-3-20-46(21-4-1)65(47-22-5-2-6-23-47)59-30-13-12-28-56(59)58-42-49(39-41-63(58)65)67(48-36-34-45(35-37-48)52-29-17-19-44-18-7-8-24-51(44)52)50-38-40-57-55-27-11-16-33-62(55)66(64(57)43-50)60-31-14-9-25-53(60)54-26-10-15-32-61(54)66/h1-43H. The monoisotopic (exact) mass is 849 g/mol. The Bertz CT molecular complexity index is 3640. The molecule has 0 N–H and O–H groups in total. The van der Waals surface area contributed by atoms with Crippen LogP contribution < -0.4 is 4.90 Å². The number of rotatable bonds is 6. The summed E-state index contributed by atoms with van der Waals surface area (Å²) in [5.74, 6) is 0. The zero-order valence-electron chi connectivity index (χ0n) is 36.8. The molecule has 0 saturated heterocycles. The van der Waals surface area contributed by atoms with Gasteiger partial charge in [-0.1, -0.05) is 224 Å². The molecule has 0 bridgehead atoms. The molecule has 312 valence electrons. The van der Waals surface area contributed by atoms with Crippen LogP contribution in [-0.2, 0) is 10.8 Å². The highest BCUT2D eigenvalue weighted by Gasteiger charge is 2.52. The van der Waals surface area contributed by atoms with E-state index in [0.29, 0.717) is 0 Å². The Morgan fingerprint density at radius 3 is 1.27 bits per heavy atom. The quantitative estimate of drug-likeness (QED) is 0.161. The van der Waals surface area contributed by atoms with Gasteiger partial charge >= 0.3 is 0 Å². The van der Waals surface area contributed by atoms with Crippen LogP contribution >= 0.6 is 0 Å². The number of fused-ring (bicyclic) bond motifs is 14. The second kappa shape index (κ2) is 14.5. The van der Waals surface area contributed by atoms with Gasteiger partial charge in [-0.3, -0.25) is 0 Å². The molecule has 0 aliphatic heterocycles. The van der Waals surface area contributed by atoms with Crippen LogP contribution in [0.25, 0.3) is 55.3 Å². The van der Waals surface area contributed by atoms with Crippen molar-refractivity contribution in [3.05, 3.63) is 305 Å². The van der Waals surface area contributed by atoms with E-state index in [4.69, 9.17) is 0 Å². The zero-order chi connectivity index (χ0) is 44.1. The lowest BCUT2D eigenvalue weighted by Gasteiger charge is -2.34. The zero-order valence-corrected chi connectivity index (χ0v) is 36.8. The van der Waals surface area contributed by atoms with Gasteiger partial charge in [0.1, 0.15) is 0 Å². The largest absolute Gasteiger partial charge is 0.310 e. The van der Waals surface area contributed by atoms with E-state index in [1.807, 2.05) is 0 Å². The predicted octanol–water partition coefficient (Wildman–Crippen LogP) is 16.7. The average molecular weight is 850 g/mol. The lowest BCUT2D eigenvalue weighted by molar-refractivity contribution is 0.768. The lowest BCUT2D eigenvalue weighted by Crippen LogP contribution is -2.28. The Kier molecular flexibility index (Phi) is 8.18. The third-order valence-electron chi connectivity index (χ3n) is 15.2. The number of benzene rings is 11. The molecule has 3 aliphatic rings. The third-order valence-corrected chi connectivity index (χ3v) is 15.2. The molecule has 1 spiro atoms. The lowest BCUT2D eigenvalue weighted by atomic mass is 9.68. The number of hydrogen-bond acceptors (Lipinski definition) is 1. The van der Waals surface area contributed by atoms with Crippen LogP contribution in [0.3, 0.4) is 0 Å². The van der Waals surface area contributed by atoms with Crippen molar-refractivity contribution in [3.63, 3.8) is 0 Å². The summed E-state index contributed by atoms with van der Waals surface area (Å²) in [4.78, 5) is 2.49. The molecule has 67 heavy (non-hydrogen) atoms. The van der Waals surface area contributed by atoms with Crippen molar-refractivity contribution in [1.29, 1.82) is 0 Å². The van der Waals surface area contributed by atoms with Crippen LogP contribution in [0, 0.1) is 0 Å². The van der Waals surface area contributed by atoms with E-state index in [-0.39, 0.29) is 0 Å². The van der Waals surface area contributed by atoms with Gasteiger partial charge in [-0.05, 0) is 136 Å². The van der Waals surface area contributed by atoms with E-state index < -0.39 is 10.8 Å². The average Bonchev–Trinajstić information content (AvgIpc) is 3.99. The molecule has 3 aliphatic carbocycles. The summed E-state index contributed by atoms with van der Waals surface area (Å²) < 4.78 is 0. The van der Waals surface area contributed by atoms with Crippen LogP contribution in [0.1, 0.15) is 44.5 Å². The maximum Gasteiger partial charge on any atom is 0.0726 e. The van der Waals surface area contributed by atoms with Crippen LogP contribution in [0.15, 0.2) is 261 Å². The highest BCUT2D eigenvalue weighted by atomic mass is 15.1. The number of hydrogen-bond donors (Lipinski definition) is 0. The van der Waals surface area contributed by atoms with Crippen LogP contribution in [0.2, 0.25) is 0 Å². The minimum Gasteiger partial charge on any atom is -0.310 e. The van der Waals surface area contributed by atoms with Crippen molar-refractivity contribution in [3.8, 4) is 44.5 Å². The molecule has 0 amide bonds. The molecule has 0 heterocycles. The molecule has 14 rings (SSSR count). The van der Waals surface area contributed by atoms with Crippen molar-refractivity contribution in [1.82, 2.24) is 0 Å². The second-order valence-corrected chi connectivity index (χ2v) is 18.3. The summed E-state index contributed by atoms with van der Waals surface area (Å²) >= 11 is 0. The van der Waals surface area contributed by atoms with E-state index >= 15 is 0 Å². The molecule has 11 aromatic rings. The first-order chi connectivity index (χ1) is 33.2. The fraction of sp³-hybridized carbons (Fsp3) is 0.0303. The van der Waals surface area contributed by atoms with Gasteiger partial charge in [0.15, 0.2) is 0 Å². The molecule has 0 fully saturated rings. The van der Waals surface area contributed by atoms with E-state index in [2.05, 4.69) is 266 Å².